The Balaban J connectivity index is 2.00. The molecule has 3 aromatic rings. The number of hydrogen-bond acceptors (Lipinski definition) is 5. The molecule has 130 valence electrons. The van der Waals surface area contributed by atoms with Crippen LogP contribution in [0.25, 0.3) is 11.0 Å². The third-order valence-electron chi connectivity index (χ3n) is 4.61. The summed E-state index contributed by atoms with van der Waals surface area (Å²) in [7, 11) is 3.12. The van der Waals surface area contributed by atoms with Gasteiger partial charge < -0.3 is 14.0 Å². The highest BCUT2D eigenvalue weighted by molar-refractivity contribution is 5.97. The van der Waals surface area contributed by atoms with Gasteiger partial charge in [-0.15, -0.1) is 0 Å². The molecule has 0 bridgehead atoms. The minimum atomic E-state index is -0.914. The van der Waals surface area contributed by atoms with Gasteiger partial charge in [0.25, 0.3) is 0 Å². The summed E-state index contributed by atoms with van der Waals surface area (Å²) < 4.78 is 12.7. The topological polar surface area (TPSA) is 89.2 Å². The molecule has 7 heteroatoms. The number of nitrogens with one attached hydrogen (secondary N) is 1. The van der Waals surface area contributed by atoms with Crippen molar-refractivity contribution in [3.05, 3.63) is 48.0 Å². The summed E-state index contributed by atoms with van der Waals surface area (Å²) in [5, 5.41) is 12.4. The molecule has 1 amide bonds. The van der Waals surface area contributed by atoms with Gasteiger partial charge >= 0.3 is 0 Å². The number of ether oxygens (including phenoxy) is 2. The van der Waals surface area contributed by atoms with Crippen molar-refractivity contribution in [3.8, 4) is 17.6 Å². The molecule has 0 radical (unpaired) electrons. The number of benzene rings is 2. The second kappa shape index (κ2) is 6.08. The molecule has 0 unspecified atom stereocenters. The molecule has 0 saturated heterocycles. The fraction of sp³-hybridized carbons (Fsp3) is 0.211. The van der Waals surface area contributed by atoms with Gasteiger partial charge in [-0.1, -0.05) is 12.1 Å². The Morgan fingerprint density at radius 1 is 1.19 bits per heavy atom. The van der Waals surface area contributed by atoms with Crippen LogP contribution >= 0.6 is 0 Å². The van der Waals surface area contributed by atoms with Crippen LogP contribution in [0.5, 0.6) is 11.5 Å². The summed E-state index contributed by atoms with van der Waals surface area (Å²) >= 11 is 0. The molecule has 2 atom stereocenters. The lowest BCUT2D eigenvalue weighted by atomic mass is 9.90. The summed E-state index contributed by atoms with van der Waals surface area (Å²) in [4.78, 5) is 17.0. The molecular weight excluding hydrogens is 332 g/mol. The summed E-state index contributed by atoms with van der Waals surface area (Å²) in [6.45, 7) is 0. The molecule has 0 fully saturated rings. The zero-order valence-electron chi connectivity index (χ0n) is 14.3. The predicted octanol–water partition coefficient (Wildman–Crippen LogP) is 2.73. The number of nitrogens with zero attached hydrogens (tertiary/aromatic N) is 3. The Morgan fingerprint density at radius 2 is 2.00 bits per heavy atom. The Labute approximate surface area is 149 Å². The second-order valence-corrected chi connectivity index (χ2v) is 5.94. The first kappa shape index (κ1) is 16.0. The van der Waals surface area contributed by atoms with E-state index >= 15 is 0 Å². The molecule has 26 heavy (non-hydrogen) atoms. The van der Waals surface area contributed by atoms with Crippen molar-refractivity contribution in [2.75, 3.05) is 19.5 Å². The van der Waals surface area contributed by atoms with Gasteiger partial charge in [-0.3, -0.25) is 10.1 Å². The summed E-state index contributed by atoms with van der Waals surface area (Å²) in [6, 6.07) is 14.5. The number of hydrogen-bond donors (Lipinski definition) is 1. The number of nitriles is 1. The SMILES string of the molecule is COc1ccc([C@H]2[C@@H](C#N)C(=O)Nc3nc4ccccc4n32)c(OC)c1. The third kappa shape index (κ3) is 2.27. The first-order valence-electron chi connectivity index (χ1n) is 8.07. The average Bonchev–Trinajstić information content (AvgIpc) is 3.04. The van der Waals surface area contributed by atoms with Crippen LogP contribution in [-0.2, 0) is 4.79 Å². The second-order valence-electron chi connectivity index (χ2n) is 5.94. The van der Waals surface area contributed by atoms with E-state index in [1.807, 2.05) is 34.9 Å². The summed E-state index contributed by atoms with van der Waals surface area (Å²) in [6.07, 6.45) is 0. The molecule has 1 aliphatic rings. The highest BCUT2D eigenvalue weighted by Gasteiger charge is 2.40. The predicted molar refractivity (Wildman–Crippen MR) is 95.2 cm³/mol. The van der Waals surface area contributed by atoms with E-state index in [9.17, 15) is 10.1 Å². The number of carbonyl (C=O) groups is 1. The minimum absolute atomic E-state index is 0.377. The number of fused-ring (bicyclic) bond motifs is 3. The third-order valence-corrected chi connectivity index (χ3v) is 4.61. The molecule has 0 saturated carbocycles. The zero-order chi connectivity index (χ0) is 18.3. The van der Waals surface area contributed by atoms with Crippen LogP contribution in [0.1, 0.15) is 11.6 Å². The minimum Gasteiger partial charge on any atom is -0.497 e. The van der Waals surface area contributed by atoms with Crippen molar-refractivity contribution < 1.29 is 14.3 Å². The Kier molecular flexibility index (Phi) is 3.73. The van der Waals surface area contributed by atoms with Crippen LogP contribution in [-0.4, -0.2) is 29.7 Å². The zero-order valence-corrected chi connectivity index (χ0v) is 14.3. The van der Waals surface area contributed by atoms with Crippen LogP contribution < -0.4 is 14.8 Å². The normalized spacial score (nSPS) is 18.7. The van der Waals surface area contributed by atoms with Crippen molar-refractivity contribution in [3.63, 3.8) is 0 Å². The highest BCUT2D eigenvalue weighted by atomic mass is 16.5. The standard InChI is InChI=1S/C19H16N4O3/c1-25-11-7-8-12(16(9-11)26-2)17-13(10-20)18(24)22-19-21-14-5-3-4-6-15(14)23(17)19/h3-9,13,17H,1-2H3,(H,21,22,24)/t13-,17+/m1/s1. The van der Waals surface area contributed by atoms with Crippen LogP contribution in [0.4, 0.5) is 5.95 Å². The van der Waals surface area contributed by atoms with Crippen LogP contribution in [0.15, 0.2) is 42.5 Å². The van der Waals surface area contributed by atoms with Gasteiger partial charge in [0.05, 0.1) is 37.4 Å². The molecule has 7 nitrogen and oxygen atoms in total. The number of imidazole rings is 1. The van der Waals surface area contributed by atoms with Crippen LogP contribution in [0, 0.1) is 17.2 Å². The van der Waals surface area contributed by atoms with Crippen molar-refractivity contribution >= 4 is 22.9 Å². The van der Waals surface area contributed by atoms with Crippen molar-refractivity contribution in [1.82, 2.24) is 9.55 Å². The first-order chi connectivity index (χ1) is 12.7. The summed E-state index contributed by atoms with van der Waals surface area (Å²) in [5.74, 6) is 0.314. The number of para-hydroxylation sites is 2. The van der Waals surface area contributed by atoms with Crippen molar-refractivity contribution in [2.24, 2.45) is 5.92 Å². The van der Waals surface area contributed by atoms with Gasteiger partial charge in [-0.25, -0.2) is 4.98 Å². The fourth-order valence-corrected chi connectivity index (χ4v) is 3.41. The largest absolute Gasteiger partial charge is 0.497 e. The van der Waals surface area contributed by atoms with Crippen LogP contribution in [0.3, 0.4) is 0 Å². The van der Waals surface area contributed by atoms with E-state index < -0.39 is 12.0 Å². The number of aromatic nitrogens is 2. The molecular formula is C19H16N4O3. The van der Waals surface area contributed by atoms with E-state index in [-0.39, 0.29) is 5.91 Å². The van der Waals surface area contributed by atoms with Crippen molar-refractivity contribution in [2.45, 2.75) is 6.04 Å². The van der Waals surface area contributed by atoms with Gasteiger partial charge in [-0.05, 0) is 24.3 Å². The first-order valence-corrected chi connectivity index (χ1v) is 8.07. The maximum Gasteiger partial charge on any atom is 0.246 e. The van der Waals surface area contributed by atoms with Gasteiger partial charge in [0.1, 0.15) is 11.5 Å². The Morgan fingerprint density at radius 3 is 2.73 bits per heavy atom. The van der Waals surface area contributed by atoms with E-state index in [0.717, 1.165) is 16.6 Å². The number of rotatable bonds is 3. The van der Waals surface area contributed by atoms with E-state index in [1.54, 1.807) is 26.4 Å². The molecule has 4 rings (SSSR count). The van der Waals surface area contributed by atoms with Gasteiger partial charge in [-0.2, -0.15) is 5.26 Å². The summed E-state index contributed by atoms with van der Waals surface area (Å²) in [5.41, 5.74) is 2.31. The maximum atomic E-state index is 12.5. The lowest BCUT2D eigenvalue weighted by Gasteiger charge is -2.30. The smallest absolute Gasteiger partial charge is 0.246 e. The lowest BCUT2D eigenvalue weighted by Crippen LogP contribution is -2.37. The number of amides is 1. The highest BCUT2D eigenvalue weighted by Crippen LogP contribution is 2.41. The Bertz CT molecular complexity index is 1050. The van der Waals surface area contributed by atoms with Gasteiger partial charge in [0.2, 0.25) is 11.9 Å². The van der Waals surface area contributed by atoms with E-state index in [0.29, 0.717) is 17.4 Å². The average molecular weight is 348 g/mol. The Hall–Kier alpha value is -3.53. The molecule has 1 aromatic heterocycles. The number of methoxy groups -OCH3 is 2. The lowest BCUT2D eigenvalue weighted by molar-refractivity contribution is -0.119. The number of anilines is 1. The van der Waals surface area contributed by atoms with Crippen molar-refractivity contribution in [1.29, 1.82) is 5.26 Å². The van der Waals surface area contributed by atoms with E-state index in [2.05, 4.69) is 16.4 Å². The molecule has 2 aromatic carbocycles. The fourth-order valence-electron chi connectivity index (χ4n) is 3.41. The number of carbonyl (C=O) groups excluding carboxylic acids is 1. The quantitative estimate of drug-likeness (QED) is 0.786. The molecule has 0 aliphatic carbocycles. The van der Waals surface area contributed by atoms with E-state index in [1.165, 1.54) is 0 Å². The van der Waals surface area contributed by atoms with Gasteiger partial charge in [0, 0.05) is 11.6 Å². The van der Waals surface area contributed by atoms with Gasteiger partial charge in [0.15, 0.2) is 5.92 Å². The monoisotopic (exact) mass is 348 g/mol. The molecule has 1 N–H and O–H groups in total. The van der Waals surface area contributed by atoms with E-state index in [4.69, 9.17) is 9.47 Å². The molecule has 0 spiro atoms. The molecule has 1 aliphatic heterocycles. The van der Waals surface area contributed by atoms with Crippen LogP contribution in [0.2, 0.25) is 0 Å². The molecule has 2 heterocycles. The maximum absolute atomic E-state index is 12.5.